The third-order valence-corrected chi connectivity index (χ3v) is 2.02. The Kier molecular flexibility index (Phi) is 3.16. The number of aliphatic hydroxyl groups is 1. The molecular weight excluding hydrogens is 184 g/mol. The highest BCUT2D eigenvalue weighted by Gasteiger charge is 2.24. The Hall–Kier alpha value is -1.46. The Balaban J connectivity index is 2.94. The van der Waals surface area contributed by atoms with Gasteiger partial charge in [0.05, 0.1) is 0 Å². The van der Waals surface area contributed by atoms with Crippen molar-refractivity contribution in [2.45, 2.75) is 19.1 Å². The van der Waals surface area contributed by atoms with Gasteiger partial charge in [-0.15, -0.1) is 0 Å². The molecule has 1 rings (SSSR count). The van der Waals surface area contributed by atoms with E-state index in [-0.39, 0.29) is 0 Å². The van der Waals surface area contributed by atoms with E-state index in [9.17, 15) is 9.90 Å². The molecule has 1 aromatic rings. The van der Waals surface area contributed by atoms with Crippen molar-refractivity contribution in [3.63, 3.8) is 0 Å². The molecule has 76 valence electrons. The van der Waals surface area contributed by atoms with Crippen LogP contribution in [0.5, 0.6) is 0 Å². The van der Waals surface area contributed by atoms with Crippen molar-refractivity contribution >= 4 is 5.97 Å². The maximum absolute atomic E-state index is 10.5. The average Bonchev–Trinajstić information content (AvgIpc) is 2.16. The molecule has 4 N–H and O–H groups in total. The van der Waals surface area contributed by atoms with E-state index in [1.54, 1.807) is 19.2 Å². The fourth-order valence-electron chi connectivity index (χ4n) is 1.11. The molecule has 1 heterocycles. The summed E-state index contributed by atoms with van der Waals surface area (Å²) >= 11 is 0. The number of hydrogen-bond acceptors (Lipinski definition) is 4. The SMILES string of the molecule is Cc1ccncc1C(O)C(N)C(=O)O. The molecule has 14 heavy (non-hydrogen) atoms. The number of aliphatic hydroxyl groups excluding tert-OH is 1. The zero-order valence-corrected chi connectivity index (χ0v) is 7.71. The van der Waals surface area contributed by atoms with Crippen molar-refractivity contribution in [2.24, 2.45) is 5.73 Å². The molecule has 0 amide bonds. The third-order valence-electron chi connectivity index (χ3n) is 2.02. The molecule has 0 aromatic carbocycles. The summed E-state index contributed by atoms with van der Waals surface area (Å²) in [5, 5.41) is 18.2. The lowest BCUT2D eigenvalue weighted by Gasteiger charge is -2.16. The first-order chi connectivity index (χ1) is 6.54. The Bertz CT molecular complexity index is 341. The predicted octanol–water partition coefficient (Wildman–Crippen LogP) is -0.165. The molecule has 2 atom stereocenters. The smallest absolute Gasteiger partial charge is 0.323 e. The fourth-order valence-corrected chi connectivity index (χ4v) is 1.11. The van der Waals surface area contributed by atoms with Gasteiger partial charge < -0.3 is 15.9 Å². The Morgan fingerprint density at radius 1 is 1.64 bits per heavy atom. The molecule has 0 aliphatic heterocycles. The average molecular weight is 196 g/mol. The predicted molar refractivity (Wildman–Crippen MR) is 49.5 cm³/mol. The quantitative estimate of drug-likeness (QED) is 0.624. The monoisotopic (exact) mass is 196 g/mol. The first-order valence-electron chi connectivity index (χ1n) is 4.11. The summed E-state index contributed by atoms with van der Waals surface area (Å²) in [5.74, 6) is -1.24. The lowest BCUT2D eigenvalue weighted by molar-refractivity contribution is -0.141. The molecule has 0 bridgehead atoms. The number of carbonyl (C=O) groups is 1. The van der Waals surface area contributed by atoms with Crippen LogP contribution in [0.4, 0.5) is 0 Å². The molecule has 0 fully saturated rings. The molecule has 0 aliphatic rings. The summed E-state index contributed by atoms with van der Waals surface area (Å²) in [6, 6.07) is 0.366. The van der Waals surface area contributed by atoms with Gasteiger partial charge in [0, 0.05) is 18.0 Å². The van der Waals surface area contributed by atoms with E-state index in [1.165, 1.54) is 6.20 Å². The Labute approximate surface area is 81.2 Å². The van der Waals surface area contributed by atoms with Gasteiger partial charge in [-0.1, -0.05) is 0 Å². The number of carboxylic acids is 1. The van der Waals surface area contributed by atoms with Crippen molar-refractivity contribution in [2.75, 3.05) is 0 Å². The second-order valence-electron chi connectivity index (χ2n) is 3.04. The van der Waals surface area contributed by atoms with Gasteiger partial charge in [-0.05, 0) is 18.6 Å². The number of hydrogen-bond donors (Lipinski definition) is 3. The minimum atomic E-state index is -1.32. The summed E-state index contributed by atoms with van der Waals surface area (Å²) in [6.45, 7) is 1.76. The number of nitrogens with zero attached hydrogens (tertiary/aromatic N) is 1. The van der Waals surface area contributed by atoms with Crippen LogP contribution in [0.3, 0.4) is 0 Å². The van der Waals surface area contributed by atoms with Crippen LogP contribution >= 0.6 is 0 Å². The lowest BCUT2D eigenvalue weighted by atomic mass is 10.0. The van der Waals surface area contributed by atoms with E-state index in [0.29, 0.717) is 5.56 Å². The molecule has 5 heteroatoms. The van der Waals surface area contributed by atoms with E-state index in [2.05, 4.69) is 4.98 Å². The highest BCUT2D eigenvalue weighted by molar-refractivity contribution is 5.74. The number of aromatic nitrogens is 1. The number of nitrogens with two attached hydrogens (primary N) is 1. The van der Waals surface area contributed by atoms with E-state index in [1.807, 2.05) is 0 Å². The molecule has 0 radical (unpaired) electrons. The van der Waals surface area contributed by atoms with Crippen molar-refractivity contribution in [3.05, 3.63) is 29.6 Å². The van der Waals surface area contributed by atoms with Crippen LogP contribution in [-0.2, 0) is 4.79 Å². The third kappa shape index (κ3) is 2.07. The van der Waals surface area contributed by atoms with Crippen LogP contribution < -0.4 is 5.73 Å². The van der Waals surface area contributed by atoms with Gasteiger partial charge in [-0.3, -0.25) is 9.78 Å². The summed E-state index contributed by atoms with van der Waals surface area (Å²) < 4.78 is 0. The highest BCUT2D eigenvalue weighted by Crippen LogP contribution is 2.18. The molecule has 0 saturated carbocycles. The molecular formula is C9H12N2O3. The van der Waals surface area contributed by atoms with Gasteiger partial charge in [0.15, 0.2) is 0 Å². The summed E-state index contributed by atoms with van der Waals surface area (Å²) in [5.41, 5.74) is 6.50. The standard InChI is InChI=1S/C9H12N2O3/c1-5-2-3-11-4-6(5)8(12)7(10)9(13)14/h2-4,7-8,12H,10H2,1H3,(H,13,14). The minimum absolute atomic E-state index is 0.447. The minimum Gasteiger partial charge on any atom is -0.480 e. The topological polar surface area (TPSA) is 96.4 Å². The van der Waals surface area contributed by atoms with E-state index < -0.39 is 18.1 Å². The van der Waals surface area contributed by atoms with Crippen LogP contribution in [0.2, 0.25) is 0 Å². The molecule has 1 aromatic heterocycles. The van der Waals surface area contributed by atoms with Gasteiger partial charge in [0.1, 0.15) is 12.1 Å². The highest BCUT2D eigenvalue weighted by atomic mass is 16.4. The van der Waals surface area contributed by atoms with Gasteiger partial charge in [0.2, 0.25) is 0 Å². The van der Waals surface area contributed by atoms with Crippen molar-refractivity contribution < 1.29 is 15.0 Å². The lowest BCUT2D eigenvalue weighted by Crippen LogP contribution is -2.36. The van der Waals surface area contributed by atoms with E-state index in [0.717, 1.165) is 5.56 Å². The Morgan fingerprint density at radius 2 is 2.29 bits per heavy atom. The normalized spacial score (nSPS) is 14.8. The van der Waals surface area contributed by atoms with Crippen LogP contribution in [-0.4, -0.2) is 27.2 Å². The maximum Gasteiger partial charge on any atom is 0.323 e. The Morgan fingerprint density at radius 3 is 2.79 bits per heavy atom. The van der Waals surface area contributed by atoms with Crippen molar-refractivity contribution in [1.29, 1.82) is 0 Å². The molecule has 0 spiro atoms. The first kappa shape index (κ1) is 10.6. The zero-order valence-electron chi connectivity index (χ0n) is 7.71. The van der Waals surface area contributed by atoms with Crippen molar-refractivity contribution in [1.82, 2.24) is 4.98 Å². The number of pyridine rings is 1. The summed E-state index contributed by atoms with van der Waals surface area (Å²) in [7, 11) is 0. The van der Waals surface area contributed by atoms with Crippen LogP contribution in [0, 0.1) is 6.92 Å². The number of aliphatic carboxylic acids is 1. The largest absolute Gasteiger partial charge is 0.480 e. The van der Waals surface area contributed by atoms with Crippen molar-refractivity contribution in [3.8, 4) is 0 Å². The van der Waals surface area contributed by atoms with E-state index in [4.69, 9.17) is 10.8 Å². The maximum atomic E-state index is 10.5. The van der Waals surface area contributed by atoms with Gasteiger partial charge >= 0.3 is 5.97 Å². The fraction of sp³-hybridized carbons (Fsp3) is 0.333. The first-order valence-corrected chi connectivity index (χ1v) is 4.11. The summed E-state index contributed by atoms with van der Waals surface area (Å²) in [6.07, 6.45) is 1.77. The molecule has 5 nitrogen and oxygen atoms in total. The molecule has 0 saturated heterocycles. The second kappa shape index (κ2) is 4.17. The van der Waals surface area contributed by atoms with Crippen LogP contribution in [0.15, 0.2) is 18.5 Å². The number of aryl methyl sites for hydroxylation is 1. The van der Waals surface area contributed by atoms with Crippen LogP contribution in [0.25, 0.3) is 0 Å². The van der Waals surface area contributed by atoms with Gasteiger partial charge in [0.25, 0.3) is 0 Å². The van der Waals surface area contributed by atoms with Gasteiger partial charge in [-0.2, -0.15) is 0 Å². The van der Waals surface area contributed by atoms with Gasteiger partial charge in [-0.25, -0.2) is 0 Å². The summed E-state index contributed by atoms with van der Waals surface area (Å²) in [4.78, 5) is 14.3. The zero-order chi connectivity index (χ0) is 10.7. The number of carboxylic acid groups (broad SMARTS) is 1. The second-order valence-corrected chi connectivity index (χ2v) is 3.04. The molecule has 2 unspecified atom stereocenters. The van der Waals surface area contributed by atoms with E-state index >= 15 is 0 Å². The molecule has 0 aliphatic carbocycles. The number of rotatable bonds is 3. The van der Waals surface area contributed by atoms with Crippen LogP contribution in [0.1, 0.15) is 17.2 Å².